The first kappa shape index (κ1) is 18.4. The number of nitrogens with zero attached hydrogens (tertiary/aromatic N) is 3. The van der Waals surface area contributed by atoms with Crippen LogP contribution in [0, 0.1) is 11.3 Å². The molecule has 1 amide bonds. The molecular weight excluding hydrogens is 314 g/mol. The molecule has 0 unspecified atom stereocenters. The summed E-state index contributed by atoms with van der Waals surface area (Å²) in [7, 11) is 0. The Labute approximate surface area is 151 Å². The molecule has 0 aliphatic carbocycles. The number of carbonyl (C=O) groups is 1. The summed E-state index contributed by atoms with van der Waals surface area (Å²) in [4.78, 5) is 17.4. The van der Waals surface area contributed by atoms with E-state index in [0.29, 0.717) is 6.04 Å². The summed E-state index contributed by atoms with van der Waals surface area (Å²) in [5, 5.41) is 9.69. The van der Waals surface area contributed by atoms with Gasteiger partial charge in [0, 0.05) is 30.2 Å². The maximum absolute atomic E-state index is 13.1. The van der Waals surface area contributed by atoms with Crippen LogP contribution in [0.2, 0.25) is 0 Å². The molecule has 3 rings (SSSR count). The van der Waals surface area contributed by atoms with E-state index in [0.717, 1.165) is 38.8 Å². The van der Waals surface area contributed by atoms with Gasteiger partial charge < -0.3 is 9.64 Å². The van der Waals surface area contributed by atoms with Crippen molar-refractivity contribution in [3.63, 3.8) is 0 Å². The standard InChI is InChI=1S/C20H31N3O2/c1-14-12-22(13-15(2)25-14)19(3,4)10-16(11-21)18(24)23-17-6-8-20(23,5)9-7-17/h10,14-15,17H,6-9,12-13H2,1-5H3/t14-,15+,17?,20?. The van der Waals surface area contributed by atoms with Crippen LogP contribution >= 0.6 is 0 Å². The lowest BCUT2D eigenvalue weighted by Gasteiger charge is -2.44. The second-order valence-electron chi connectivity index (χ2n) is 8.89. The van der Waals surface area contributed by atoms with Gasteiger partial charge in [0.05, 0.1) is 12.2 Å². The van der Waals surface area contributed by atoms with Crippen molar-refractivity contribution in [2.45, 2.75) is 89.6 Å². The molecule has 0 aromatic rings. The fourth-order valence-electron chi connectivity index (χ4n) is 4.94. The van der Waals surface area contributed by atoms with Crippen LogP contribution in [-0.4, -0.2) is 58.1 Å². The smallest absolute Gasteiger partial charge is 0.264 e. The summed E-state index contributed by atoms with van der Waals surface area (Å²) >= 11 is 0. The number of rotatable bonds is 3. The van der Waals surface area contributed by atoms with E-state index < -0.39 is 0 Å². The summed E-state index contributed by atoms with van der Waals surface area (Å²) in [6, 6.07) is 2.51. The Bertz CT molecular complexity index is 601. The van der Waals surface area contributed by atoms with Gasteiger partial charge in [-0.3, -0.25) is 9.69 Å². The van der Waals surface area contributed by atoms with Gasteiger partial charge in [0.25, 0.3) is 5.91 Å². The lowest BCUT2D eigenvalue weighted by Crippen LogP contribution is -2.54. The predicted molar refractivity (Wildman–Crippen MR) is 96.9 cm³/mol. The first-order valence-corrected chi connectivity index (χ1v) is 9.53. The van der Waals surface area contributed by atoms with Gasteiger partial charge >= 0.3 is 0 Å². The van der Waals surface area contributed by atoms with Gasteiger partial charge in [0.15, 0.2) is 0 Å². The molecule has 138 valence electrons. The van der Waals surface area contributed by atoms with E-state index in [9.17, 15) is 10.1 Å². The average molecular weight is 345 g/mol. The Hall–Kier alpha value is -1.38. The van der Waals surface area contributed by atoms with E-state index in [1.54, 1.807) is 0 Å². The van der Waals surface area contributed by atoms with Gasteiger partial charge in [-0.25, -0.2) is 0 Å². The molecule has 3 heterocycles. The fourth-order valence-corrected chi connectivity index (χ4v) is 4.94. The third kappa shape index (κ3) is 3.35. The van der Waals surface area contributed by atoms with Crippen LogP contribution in [0.15, 0.2) is 11.6 Å². The fraction of sp³-hybridized carbons (Fsp3) is 0.800. The van der Waals surface area contributed by atoms with E-state index in [1.807, 2.05) is 11.0 Å². The van der Waals surface area contributed by atoms with Crippen molar-refractivity contribution in [3.8, 4) is 6.07 Å². The summed E-state index contributed by atoms with van der Waals surface area (Å²) in [6.07, 6.45) is 6.46. The van der Waals surface area contributed by atoms with Crippen LogP contribution < -0.4 is 0 Å². The lowest BCUT2D eigenvalue weighted by atomic mass is 9.89. The summed E-state index contributed by atoms with van der Waals surface area (Å²) < 4.78 is 5.82. The Morgan fingerprint density at radius 2 is 1.80 bits per heavy atom. The van der Waals surface area contributed by atoms with Gasteiger partial charge in [-0.05, 0) is 66.4 Å². The molecule has 5 nitrogen and oxygen atoms in total. The minimum absolute atomic E-state index is 0.0518. The van der Waals surface area contributed by atoms with Crippen molar-refractivity contribution >= 4 is 5.91 Å². The molecule has 2 atom stereocenters. The molecule has 5 heteroatoms. The number of ether oxygens (including phenoxy) is 1. The molecule has 0 aromatic carbocycles. The van der Waals surface area contributed by atoms with Crippen LogP contribution in [0.4, 0.5) is 0 Å². The summed E-state index contributed by atoms with van der Waals surface area (Å²) in [6.45, 7) is 12.1. The zero-order chi connectivity index (χ0) is 18.4. The molecular formula is C20H31N3O2. The number of hydrogen-bond acceptors (Lipinski definition) is 4. The third-order valence-corrected chi connectivity index (χ3v) is 6.28. The highest BCUT2D eigenvalue weighted by atomic mass is 16.5. The lowest BCUT2D eigenvalue weighted by molar-refractivity contribution is -0.130. The number of amides is 1. The van der Waals surface area contributed by atoms with Gasteiger partial charge in [0.1, 0.15) is 11.6 Å². The molecule has 0 aromatic heterocycles. The van der Waals surface area contributed by atoms with Crippen LogP contribution in [0.3, 0.4) is 0 Å². The van der Waals surface area contributed by atoms with Crippen molar-refractivity contribution in [1.29, 1.82) is 5.26 Å². The number of hydrogen-bond donors (Lipinski definition) is 0. The first-order valence-electron chi connectivity index (χ1n) is 9.53. The largest absolute Gasteiger partial charge is 0.373 e. The Morgan fingerprint density at radius 3 is 2.24 bits per heavy atom. The first-order chi connectivity index (χ1) is 11.7. The van der Waals surface area contributed by atoms with E-state index in [4.69, 9.17) is 4.74 Å². The molecule has 0 N–H and O–H groups in total. The molecule has 3 saturated heterocycles. The molecule has 0 spiro atoms. The van der Waals surface area contributed by atoms with Crippen LogP contribution in [-0.2, 0) is 9.53 Å². The van der Waals surface area contributed by atoms with Gasteiger partial charge in [-0.1, -0.05) is 0 Å². The second-order valence-corrected chi connectivity index (χ2v) is 8.89. The number of morpholine rings is 1. The molecule has 3 aliphatic heterocycles. The molecule has 0 radical (unpaired) electrons. The second kappa shape index (κ2) is 6.41. The highest BCUT2D eigenvalue weighted by molar-refractivity contribution is 5.98. The maximum atomic E-state index is 13.1. The van der Waals surface area contributed by atoms with Crippen LogP contribution in [0.1, 0.15) is 60.3 Å². The van der Waals surface area contributed by atoms with Crippen LogP contribution in [0.25, 0.3) is 0 Å². The normalized spacial score (nSPS) is 36.6. The Kier molecular flexibility index (Phi) is 4.72. The Balaban J connectivity index is 1.82. The number of fused-ring (bicyclic) bond motifs is 2. The maximum Gasteiger partial charge on any atom is 0.264 e. The van der Waals surface area contributed by atoms with Gasteiger partial charge in [-0.15, -0.1) is 0 Å². The zero-order valence-corrected chi connectivity index (χ0v) is 16.2. The van der Waals surface area contributed by atoms with Crippen molar-refractivity contribution in [1.82, 2.24) is 9.80 Å². The topological polar surface area (TPSA) is 56.6 Å². The molecule has 3 aliphatic rings. The molecule has 2 bridgehead atoms. The van der Waals surface area contributed by atoms with E-state index in [1.165, 1.54) is 0 Å². The van der Waals surface area contributed by atoms with Crippen molar-refractivity contribution in [3.05, 3.63) is 11.6 Å². The number of carbonyl (C=O) groups excluding carboxylic acids is 1. The van der Waals surface area contributed by atoms with Gasteiger partial charge in [-0.2, -0.15) is 5.26 Å². The van der Waals surface area contributed by atoms with Crippen molar-refractivity contribution in [2.24, 2.45) is 0 Å². The summed E-state index contributed by atoms with van der Waals surface area (Å²) in [5.74, 6) is -0.0765. The monoisotopic (exact) mass is 345 g/mol. The Morgan fingerprint density at radius 1 is 1.24 bits per heavy atom. The highest BCUT2D eigenvalue weighted by Crippen LogP contribution is 2.46. The predicted octanol–water partition coefficient (Wildman–Crippen LogP) is 2.87. The quantitative estimate of drug-likeness (QED) is 0.583. The van der Waals surface area contributed by atoms with Crippen molar-refractivity contribution < 1.29 is 9.53 Å². The zero-order valence-electron chi connectivity index (χ0n) is 16.2. The van der Waals surface area contributed by atoms with E-state index >= 15 is 0 Å². The van der Waals surface area contributed by atoms with Crippen LogP contribution in [0.5, 0.6) is 0 Å². The summed E-state index contributed by atoms with van der Waals surface area (Å²) in [5.41, 5.74) is -0.118. The minimum Gasteiger partial charge on any atom is -0.373 e. The van der Waals surface area contributed by atoms with Crippen molar-refractivity contribution in [2.75, 3.05) is 13.1 Å². The van der Waals surface area contributed by atoms with Gasteiger partial charge in [0.2, 0.25) is 0 Å². The molecule has 3 fully saturated rings. The molecule has 25 heavy (non-hydrogen) atoms. The SMILES string of the molecule is C[C@@H]1CN(C(C)(C)C=C(C#N)C(=O)N2C3CCC2(C)CC3)C[C@H](C)O1. The minimum atomic E-state index is -0.354. The average Bonchev–Trinajstić information content (AvgIpc) is 3.03. The third-order valence-electron chi connectivity index (χ3n) is 6.28. The van der Waals surface area contributed by atoms with E-state index in [-0.39, 0.29) is 34.8 Å². The van der Waals surface area contributed by atoms with E-state index in [2.05, 4.69) is 45.6 Å². The molecule has 0 saturated carbocycles. The number of nitriles is 1. The highest BCUT2D eigenvalue weighted by Gasteiger charge is 2.51.